The van der Waals surface area contributed by atoms with E-state index in [1.54, 1.807) is 13.2 Å². The van der Waals surface area contributed by atoms with Crippen LogP contribution in [0.15, 0.2) is 59.7 Å². The minimum Gasteiger partial charge on any atom is -0.496 e. The summed E-state index contributed by atoms with van der Waals surface area (Å²) in [7, 11) is 6.15. The molecule has 1 aliphatic carbocycles. The van der Waals surface area contributed by atoms with Crippen LogP contribution >= 0.6 is 0 Å². The van der Waals surface area contributed by atoms with Gasteiger partial charge in [0.2, 0.25) is 5.60 Å². The first-order valence-electron chi connectivity index (χ1n) is 23.3. The summed E-state index contributed by atoms with van der Waals surface area (Å²) in [6.07, 6.45) is 8.84. The molecule has 1 saturated heterocycles. The fourth-order valence-electron chi connectivity index (χ4n) is 13.2. The molecule has 2 aromatic carbocycles. The summed E-state index contributed by atoms with van der Waals surface area (Å²) >= 11 is 0. The van der Waals surface area contributed by atoms with E-state index in [0.717, 1.165) is 51.8 Å². The molecular weight excluding hydrogens is 841 g/mol. The Morgan fingerprint density at radius 3 is 2.41 bits per heavy atom. The standard InChI is InChI=1S/C52H64N4O10/c1-11-30-21-32-25-51(47(59)63-9,43-35(28-55(26-30)27-32)34-22-31(13-15-38(34)53-43)14-16-41(58)66-49(4,5)6)37-23-36-39(24-40(37)62-8)54(7)46-50(36)18-20-56-19-17-33(12-2)42(44(50)56)45(65-29(3)57)52(46,61)48(60)64-10/h13-17,21-24,32,42,44-46,53,61H,11-12,18-20,25-28H2,1-10H3/t32-,42?,44+,45-,46-,50-,51+,52-/m1/s1. The van der Waals surface area contributed by atoms with E-state index in [1.807, 2.05) is 57.8 Å². The number of esters is 4. The number of aromatic nitrogens is 1. The van der Waals surface area contributed by atoms with Gasteiger partial charge in [-0.2, -0.15) is 0 Å². The number of fused-ring (bicyclic) bond motifs is 6. The average Bonchev–Trinajstić information content (AvgIpc) is 3.93. The highest BCUT2D eigenvalue weighted by atomic mass is 16.6. The molecule has 0 radical (unpaired) electrons. The number of likely N-dealkylation sites (N-methyl/N-ethyl adjacent to an activating group) is 1. The van der Waals surface area contributed by atoms with Crippen molar-refractivity contribution in [3.8, 4) is 5.75 Å². The zero-order valence-electron chi connectivity index (χ0n) is 39.9. The lowest BCUT2D eigenvalue weighted by Crippen LogP contribution is -2.78. The van der Waals surface area contributed by atoms with Gasteiger partial charge in [-0.3, -0.25) is 19.4 Å². The fraction of sp³-hybridized carbons (Fsp3) is 0.538. The van der Waals surface area contributed by atoms with Crippen LogP contribution in [0.5, 0.6) is 5.75 Å². The number of anilines is 1. The minimum absolute atomic E-state index is 0.0447. The number of carbonyl (C=O) groups is 4. The number of aliphatic hydroxyl groups is 1. The maximum absolute atomic E-state index is 15.5. The molecule has 352 valence electrons. The first kappa shape index (κ1) is 45.7. The summed E-state index contributed by atoms with van der Waals surface area (Å²) in [6, 6.07) is 8.81. The Labute approximate surface area is 386 Å². The highest BCUT2D eigenvalue weighted by molar-refractivity contribution is 5.96. The molecule has 0 amide bonds. The van der Waals surface area contributed by atoms with Gasteiger partial charge < -0.3 is 38.7 Å². The molecular formula is C52H64N4O10. The molecule has 14 nitrogen and oxygen atoms in total. The van der Waals surface area contributed by atoms with Crippen LogP contribution in [-0.2, 0) is 55.5 Å². The lowest BCUT2D eigenvalue weighted by molar-refractivity contribution is -0.212. The molecule has 1 spiro atoms. The van der Waals surface area contributed by atoms with E-state index >= 15 is 4.79 Å². The zero-order valence-corrected chi connectivity index (χ0v) is 39.9. The van der Waals surface area contributed by atoms with E-state index in [1.165, 1.54) is 32.8 Å². The van der Waals surface area contributed by atoms with Crippen LogP contribution < -0.4 is 9.64 Å². The van der Waals surface area contributed by atoms with Crippen molar-refractivity contribution in [1.29, 1.82) is 0 Å². The van der Waals surface area contributed by atoms with E-state index in [4.69, 9.17) is 23.7 Å². The van der Waals surface area contributed by atoms with E-state index in [-0.39, 0.29) is 12.0 Å². The van der Waals surface area contributed by atoms with E-state index in [0.29, 0.717) is 62.4 Å². The van der Waals surface area contributed by atoms with Crippen LogP contribution in [0.1, 0.15) is 95.2 Å². The Kier molecular flexibility index (Phi) is 11.4. The van der Waals surface area contributed by atoms with Crippen LogP contribution in [-0.4, -0.2) is 128 Å². The Bertz CT molecular complexity index is 2610. The van der Waals surface area contributed by atoms with Crippen molar-refractivity contribution in [2.24, 2.45) is 11.8 Å². The highest BCUT2D eigenvalue weighted by Gasteiger charge is 2.77. The Morgan fingerprint density at radius 2 is 1.74 bits per heavy atom. The monoisotopic (exact) mass is 904 g/mol. The molecule has 3 aromatic rings. The summed E-state index contributed by atoms with van der Waals surface area (Å²) in [5.41, 5.74) is 2.49. The number of aromatic amines is 1. The summed E-state index contributed by atoms with van der Waals surface area (Å²) < 4.78 is 29.5. The number of rotatable bonds is 9. The molecule has 66 heavy (non-hydrogen) atoms. The van der Waals surface area contributed by atoms with Crippen molar-refractivity contribution >= 4 is 46.5 Å². The molecule has 2 unspecified atom stereocenters. The molecule has 1 aromatic heterocycles. The van der Waals surface area contributed by atoms with Gasteiger partial charge in [0, 0.05) is 97.5 Å². The highest BCUT2D eigenvalue weighted by Crippen LogP contribution is 2.65. The van der Waals surface area contributed by atoms with E-state index in [9.17, 15) is 19.5 Å². The van der Waals surface area contributed by atoms with Gasteiger partial charge >= 0.3 is 23.9 Å². The molecule has 9 atom stereocenters. The topological polar surface area (TPSA) is 160 Å². The van der Waals surface area contributed by atoms with Crippen LogP contribution in [0.3, 0.4) is 0 Å². The van der Waals surface area contributed by atoms with Crippen molar-refractivity contribution in [2.45, 2.75) is 114 Å². The number of H-pyrrole nitrogens is 1. The second kappa shape index (κ2) is 16.4. The van der Waals surface area contributed by atoms with Gasteiger partial charge in [0.15, 0.2) is 6.10 Å². The van der Waals surface area contributed by atoms with Gasteiger partial charge in [0.1, 0.15) is 16.8 Å². The zero-order chi connectivity index (χ0) is 47.2. The SMILES string of the molecule is CCC1=C[C@H]2CN(C1)Cc1c([nH]c3ccc(C=CC(=O)OC(C)(C)C)cc13)[C@@](C(=O)OC)(c1cc3c(cc1OC)N(C)[C@H]1[C@@](O)(C(=O)OC)[C@H](OC(C)=O)C4C(CC)=CCN5CC[C@]31[C@H]45)C2. The van der Waals surface area contributed by atoms with Gasteiger partial charge in [-0.15, -0.1) is 0 Å². The molecule has 1 saturated carbocycles. The Hall–Kier alpha value is -5.44. The third kappa shape index (κ3) is 6.75. The molecule has 6 aliphatic rings. The average molecular weight is 905 g/mol. The first-order valence-corrected chi connectivity index (χ1v) is 23.3. The van der Waals surface area contributed by atoms with Crippen LogP contribution in [0.2, 0.25) is 0 Å². The summed E-state index contributed by atoms with van der Waals surface area (Å²) in [5.74, 6) is -2.51. The number of methoxy groups -OCH3 is 3. The third-order valence-electron chi connectivity index (χ3n) is 15.5. The van der Waals surface area contributed by atoms with Gasteiger partial charge in [-0.05, 0) is 99.9 Å². The number of hydrogen-bond donors (Lipinski definition) is 2. The third-order valence-corrected chi connectivity index (χ3v) is 15.5. The number of carbonyl (C=O) groups excluding carboxylic acids is 4. The van der Waals surface area contributed by atoms with Crippen LogP contribution in [0.25, 0.3) is 17.0 Å². The molecule has 14 heteroatoms. The smallest absolute Gasteiger partial charge is 0.344 e. The molecule has 2 bridgehead atoms. The number of ether oxygens (including phenoxy) is 5. The Balaban J connectivity index is 1.31. The second-order valence-electron chi connectivity index (χ2n) is 20.2. The van der Waals surface area contributed by atoms with Gasteiger partial charge in [-0.25, -0.2) is 9.59 Å². The summed E-state index contributed by atoms with van der Waals surface area (Å²) in [4.78, 5) is 66.2. The van der Waals surface area contributed by atoms with Gasteiger partial charge in [0.25, 0.3) is 0 Å². The summed E-state index contributed by atoms with van der Waals surface area (Å²) in [5, 5.41) is 14.2. The molecule has 5 aliphatic heterocycles. The Morgan fingerprint density at radius 1 is 0.985 bits per heavy atom. The molecule has 9 rings (SSSR count). The second-order valence-corrected chi connectivity index (χ2v) is 20.2. The summed E-state index contributed by atoms with van der Waals surface area (Å²) in [6.45, 7) is 14.4. The van der Waals surface area contributed by atoms with Gasteiger partial charge in [0.05, 0.1) is 27.4 Å². The van der Waals surface area contributed by atoms with E-state index in [2.05, 4.69) is 46.0 Å². The van der Waals surface area contributed by atoms with Crippen LogP contribution in [0, 0.1) is 11.8 Å². The van der Waals surface area contributed by atoms with Crippen molar-refractivity contribution in [1.82, 2.24) is 14.8 Å². The number of nitrogens with one attached hydrogen (secondary N) is 1. The predicted molar refractivity (Wildman–Crippen MR) is 249 cm³/mol. The normalized spacial score (nSPS) is 31.1. The first-order chi connectivity index (χ1) is 31.4. The maximum Gasteiger partial charge on any atom is 0.344 e. The van der Waals surface area contributed by atoms with Crippen molar-refractivity contribution in [3.63, 3.8) is 0 Å². The fourth-order valence-corrected chi connectivity index (χ4v) is 13.2. The predicted octanol–water partition coefficient (Wildman–Crippen LogP) is 6.11. The molecule has 6 heterocycles. The van der Waals surface area contributed by atoms with E-state index < -0.39 is 64.0 Å². The van der Waals surface area contributed by atoms with Gasteiger partial charge in [-0.1, -0.05) is 43.2 Å². The maximum atomic E-state index is 15.5. The molecule has 2 fully saturated rings. The lowest BCUT2D eigenvalue weighted by atomic mass is 9.52. The minimum atomic E-state index is -2.29. The quantitative estimate of drug-likeness (QED) is 0.110. The van der Waals surface area contributed by atoms with Crippen molar-refractivity contribution in [3.05, 3.63) is 87.7 Å². The number of benzene rings is 2. The lowest BCUT2D eigenvalue weighted by Gasteiger charge is -2.59. The van der Waals surface area contributed by atoms with Crippen molar-refractivity contribution < 1.29 is 48.0 Å². The van der Waals surface area contributed by atoms with Crippen molar-refractivity contribution in [2.75, 3.05) is 59.5 Å². The molecule has 2 N–H and O–H groups in total. The number of hydrogen-bond acceptors (Lipinski definition) is 13. The number of nitrogens with zero attached hydrogens (tertiary/aromatic N) is 3. The largest absolute Gasteiger partial charge is 0.496 e. The van der Waals surface area contributed by atoms with Crippen LogP contribution in [0.4, 0.5) is 5.69 Å².